The van der Waals surface area contributed by atoms with Crippen LogP contribution < -0.4 is 0 Å². The molecule has 0 radical (unpaired) electrons. The van der Waals surface area contributed by atoms with Crippen molar-refractivity contribution in [1.82, 2.24) is 15.2 Å². The molecule has 0 aliphatic rings. The number of pyridine rings is 1. The van der Waals surface area contributed by atoms with Crippen molar-refractivity contribution in [1.29, 1.82) is 0 Å². The zero-order valence-corrected chi connectivity index (χ0v) is 8.80. The van der Waals surface area contributed by atoms with Crippen LogP contribution in [0.4, 0.5) is 0 Å². The van der Waals surface area contributed by atoms with Crippen molar-refractivity contribution < 1.29 is 9.53 Å². The Hall–Kier alpha value is -2.17. The first-order chi connectivity index (χ1) is 7.81. The van der Waals surface area contributed by atoms with Crippen molar-refractivity contribution >= 4 is 23.1 Å². The molecule has 0 aliphatic heterocycles. The molecule has 0 aliphatic carbocycles. The van der Waals surface area contributed by atoms with Crippen LogP contribution in [0.25, 0.3) is 17.1 Å². The number of nitrogens with one attached hydrogen (secondary N) is 1. The SMILES string of the molecule is COC(=O)CC=Cc1[nH]nc2ncccc12. The number of rotatable bonds is 3. The number of hydrogen-bond donors (Lipinski definition) is 1. The first kappa shape index (κ1) is 10.4. The van der Waals surface area contributed by atoms with Crippen LogP contribution in [-0.4, -0.2) is 28.3 Å². The molecule has 0 saturated carbocycles. The second-order valence-corrected chi connectivity index (χ2v) is 3.19. The van der Waals surface area contributed by atoms with Gasteiger partial charge in [0.1, 0.15) is 0 Å². The number of hydrogen-bond acceptors (Lipinski definition) is 4. The predicted octanol–water partition coefficient (Wildman–Crippen LogP) is 1.53. The monoisotopic (exact) mass is 217 g/mol. The fraction of sp³-hybridized carbons (Fsp3) is 0.182. The molecule has 5 nitrogen and oxygen atoms in total. The number of carbonyl (C=O) groups excluding carboxylic acids is 1. The van der Waals surface area contributed by atoms with E-state index in [9.17, 15) is 4.79 Å². The van der Waals surface area contributed by atoms with E-state index in [1.165, 1.54) is 7.11 Å². The van der Waals surface area contributed by atoms with Crippen molar-refractivity contribution in [3.8, 4) is 0 Å². The summed E-state index contributed by atoms with van der Waals surface area (Å²) in [5, 5.41) is 7.82. The Morgan fingerprint density at radius 2 is 2.50 bits per heavy atom. The third-order valence-corrected chi connectivity index (χ3v) is 2.16. The summed E-state index contributed by atoms with van der Waals surface area (Å²) in [5.74, 6) is -0.266. The number of H-pyrrole nitrogens is 1. The van der Waals surface area contributed by atoms with Gasteiger partial charge in [0.25, 0.3) is 0 Å². The highest BCUT2D eigenvalue weighted by Gasteiger charge is 2.02. The van der Waals surface area contributed by atoms with E-state index in [-0.39, 0.29) is 12.4 Å². The van der Waals surface area contributed by atoms with E-state index >= 15 is 0 Å². The van der Waals surface area contributed by atoms with Gasteiger partial charge in [-0.05, 0) is 18.2 Å². The van der Waals surface area contributed by atoms with Crippen molar-refractivity contribution in [3.05, 3.63) is 30.1 Å². The third-order valence-electron chi connectivity index (χ3n) is 2.16. The van der Waals surface area contributed by atoms with E-state index in [0.29, 0.717) is 5.65 Å². The van der Waals surface area contributed by atoms with Crippen LogP contribution >= 0.6 is 0 Å². The van der Waals surface area contributed by atoms with Gasteiger partial charge in [-0.25, -0.2) is 4.98 Å². The molecular formula is C11H11N3O2. The van der Waals surface area contributed by atoms with Crippen LogP contribution in [0.5, 0.6) is 0 Å². The molecule has 82 valence electrons. The maximum atomic E-state index is 10.9. The van der Waals surface area contributed by atoms with E-state index in [0.717, 1.165) is 11.1 Å². The Morgan fingerprint density at radius 3 is 3.31 bits per heavy atom. The van der Waals surface area contributed by atoms with Crippen LogP contribution in [0.1, 0.15) is 12.1 Å². The first-order valence-corrected chi connectivity index (χ1v) is 4.83. The predicted molar refractivity (Wildman–Crippen MR) is 59.6 cm³/mol. The number of aromatic nitrogens is 3. The Bertz CT molecular complexity index is 531. The summed E-state index contributed by atoms with van der Waals surface area (Å²) in [7, 11) is 1.37. The largest absolute Gasteiger partial charge is 0.469 e. The average molecular weight is 217 g/mol. The van der Waals surface area contributed by atoms with Crippen molar-refractivity contribution in [2.24, 2.45) is 0 Å². The van der Waals surface area contributed by atoms with Crippen molar-refractivity contribution in [3.63, 3.8) is 0 Å². The minimum absolute atomic E-state index is 0.247. The number of carbonyl (C=O) groups is 1. The van der Waals surface area contributed by atoms with E-state index in [1.807, 2.05) is 12.1 Å². The summed E-state index contributed by atoms with van der Waals surface area (Å²) < 4.78 is 4.53. The van der Waals surface area contributed by atoms with Crippen LogP contribution in [0.15, 0.2) is 24.4 Å². The highest BCUT2D eigenvalue weighted by molar-refractivity contribution is 5.84. The fourth-order valence-electron chi connectivity index (χ4n) is 1.35. The molecule has 2 aromatic heterocycles. The van der Waals surface area contributed by atoms with E-state index < -0.39 is 0 Å². The van der Waals surface area contributed by atoms with E-state index in [1.54, 1.807) is 18.3 Å². The van der Waals surface area contributed by atoms with Gasteiger partial charge in [0, 0.05) is 11.6 Å². The maximum Gasteiger partial charge on any atom is 0.309 e. The van der Waals surface area contributed by atoms with Gasteiger partial charge in [0.15, 0.2) is 5.65 Å². The molecule has 0 unspecified atom stereocenters. The van der Waals surface area contributed by atoms with Gasteiger partial charge in [0.2, 0.25) is 0 Å². The number of ether oxygens (including phenoxy) is 1. The summed E-state index contributed by atoms with van der Waals surface area (Å²) in [4.78, 5) is 15.0. The lowest BCUT2D eigenvalue weighted by Gasteiger charge is -1.92. The van der Waals surface area contributed by atoms with Gasteiger partial charge < -0.3 is 4.74 Å². The van der Waals surface area contributed by atoms with Crippen LogP contribution in [0.2, 0.25) is 0 Å². The highest BCUT2D eigenvalue weighted by Crippen LogP contribution is 2.14. The minimum Gasteiger partial charge on any atom is -0.469 e. The lowest BCUT2D eigenvalue weighted by molar-refractivity contribution is -0.139. The molecule has 0 spiro atoms. The van der Waals surface area contributed by atoms with Gasteiger partial charge >= 0.3 is 5.97 Å². The summed E-state index contributed by atoms with van der Waals surface area (Å²) in [6.07, 6.45) is 5.46. The Kier molecular flexibility index (Phi) is 2.95. The Morgan fingerprint density at radius 1 is 1.62 bits per heavy atom. The molecule has 0 amide bonds. The second-order valence-electron chi connectivity index (χ2n) is 3.19. The molecule has 2 aromatic rings. The lowest BCUT2D eigenvalue weighted by Crippen LogP contribution is -1.96. The van der Waals surface area contributed by atoms with Gasteiger partial charge in [-0.2, -0.15) is 5.10 Å². The number of methoxy groups -OCH3 is 1. The second kappa shape index (κ2) is 4.57. The molecule has 0 aromatic carbocycles. The van der Waals surface area contributed by atoms with Crippen LogP contribution in [0, 0.1) is 0 Å². The summed E-state index contributed by atoms with van der Waals surface area (Å²) >= 11 is 0. The van der Waals surface area contributed by atoms with Gasteiger partial charge in [0.05, 0.1) is 19.2 Å². The maximum absolute atomic E-state index is 10.9. The number of esters is 1. The van der Waals surface area contributed by atoms with Crippen molar-refractivity contribution in [2.75, 3.05) is 7.11 Å². The van der Waals surface area contributed by atoms with Gasteiger partial charge in [-0.15, -0.1) is 0 Å². The molecule has 0 fully saturated rings. The van der Waals surface area contributed by atoms with Gasteiger partial charge in [-0.1, -0.05) is 6.08 Å². The Labute approximate surface area is 92.1 Å². The molecule has 0 bridgehead atoms. The molecular weight excluding hydrogens is 206 g/mol. The van der Waals surface area contributed by atoms with Crippen molar-refractivity contribution in [2.45, 2.75) is 6.42 Å². The molecule has 0 atom stereocenters. The van der Waals surface area contributed by atoms with Gasteiger partial charge in [-0.3, -0.25) is 9.89 Å². The molecule has 2 rings (SSSR count). The zero-order valence-electron chi connectivity index (χ0n) is 8.80. The fourth-order valence-corrected chi connectivity index (χ4v) is 1.35. The normalized spacial score (nSPS) is 11.1. The van der Waals surface area contributed by atoms with E-state index in [4.69, 9.17) is 0 Å². The zero-order chi connectivity index (χ0) is 11.4. The van der Waals surface area contributed by atoms with Crippen LogP contribution in [0.3, 0.4) is 0 Å². The third kappa shape index (κ3) is 2.08. The molecule has 16 heavy (non-hydrogen) atoms. The summed E-state index contributed by atoms with van der Waals surface area (Å²) in [6.45, 7) is 0. The standard InChI is InChI=1S/C11H11N3O2/c1-16-10(15)6-2-5-9-8-4-3-7-12-11(8)14-13-9/h2-5,7H,6H2,1H3,(H,12,13,14). The van der Waals surface area contributed by atoms with Crippen LogP contribution in [-0.2, 0) is 9.53 Å². The molecule has 1 N–H and O–H groups in total. The highest BCUT2D eigenvalue weighted by atomic mass is 16.5. The van der Waals surface area contributed by atoms with E-state index in [2.05, 4.69) is 19.9 Å². The number of aromatic amines is 1. The molecule has 0 saturated heterocycles. The topological polar surface area (TPSA) is 67.9 Å². The lowest BCUT2D eigenvalue weighted by atomic mass is 10.2. The number of fused-ring (bicyclic) bond motifs is 1. The Balaban J connectivity index is 2.18. The molecule has 5 heteroatoms. The quantitative estimate of drug-likeness (QED) is 0.792. The minimum atomic E-state index is -0.266. The average Bonchev–Trinajstić information content (AvgIpc) is 2.73. The number of nitrogens with zero attached hydrogens (tertiary/aromatic N) is 2. The first-order valence-electron chi connectivity index (χ1n) is 4.83. The summed E-state index contributed by atoms with van der Waals surface area (Å²) in [6, 6.07) is 3.76. The smallest absolute Gasteiger partial charge is 0.309 e. The summed E-state index contributed by atoms with van der Waals surface area (Å²) in [5.41, 5.74) is 1.51. The molecule has 2 heterocycles.